The number of anilines is 1. The van der Waals surface area contributed by atoms with Crippen LogP contribution in [0, 0.1) is 12.7 Å². The summed E-state index contributed by atoms with van der Waals surface area (Å²) in [6, 6.07) is 9.24. The predicted octanol–water partition coefficient (Wildman–Crippen LogP) is 2.64. The van der Waals surface area contributed by atoms with E-state index < -0.39 is 15.8 Å². The van der Waals surface area contributed by atoms with E-state index in [1.807, 2.05) is 0 Å². The van der Waals surface area contributed by atoms with Crippen LogP contribution >= 0.6 is 0 Å². The lowest BCUT2D eigenvalue weighted by Gasteiger charge is -2.10. The monoisotopic (exact) mass is 281 g/mol. The number of aryl methyl sites for hydroxylation is 1. The first kappa shape index (κ1) is 13.4. The molecule has 0 aliphatic rings. The third-order valence-electron chi connectivity index (χ3n) is 2.54. The second kappa shape index (κ2) is 4.89. The van der Waals surface area contributed by atoms with Crippen LogP contribution in [0.25, 0.3) is 0 Å². The minimum Gasteiger partial charge on any atom is -0.508 e. The third-order valence-corrected chi connectivity index (χ3v) is 4.06. The van der Waals surface area contributed by atoms with Crippen LogP contribution in [-0.2, 0) is 10.0 Å². The van der Waals surface area contributed by atoms with E-state index in [0.717, 1.165) is 6.07 Å². The van der Waals surface area contributed by atoms with Gasteiger partial charge in [-0.3, -0.25) is 4.72 Å². The summed E-state index contributed by atoms with van der Waals surface area (Å²) in [5, 5.41) is 9.28. The van der Waals surface area contributed by atoms with Crippen LogP contribution in [0.2, 0.25) is 0 Å². The van der Waals surface area contributed by atoms with Crippen molar-refractivity contribution in [3.63, 3.8) is 0 Å². The number of halogens is 1. The third kappa shape index (κ3) is 3.03. The molecule has 6 heteroatoms. The summed E-state index contributed by atoms with van der Waals surface area (Å²) in [5.74, 6) is -0.682. The molecule has 0 heterocycles. The Balaban J connectivity index is 2.40. The van der Waals surface area contributed by atoms with E-state index >= 15 is 0 Å². The van der Waals surface area contributed by atoms with Gasteiger partial charge in [-0.25, -0.2) is 12.8 Å². The van der Waals surface area contributed by atoms with Gasteiger partial charge < -0.3 is 5.11 Å². The van der Waals surface area contributed by atoms with Gasteiger partial charge in [0, 0.05) is 6.07 Å². The number of phenols is 1. The summed E-state index contributed by atoms with van der Waals surface area (Å²) in [6.07, 6.45) is 0. The first-order valence-corrected chi connectivity index (χ1v) is 6.95. The van der Waals surface area contributed by atoms with E-state index in [2.05, 4.69) is 4.72 Å². The highest BCUT2D eigenvalue weighted by molar-refractivity contribution is 7.92. The first-order chi connectivity index (χ1) is 8.88. The largest absolute Gasteiger partial charge is 0.508 e. The van der Waals surface area contributed by atoms with E-state index in [4.69, 9.17) is 0 Å². The second-order valence-corrected chi connectivity index (χ2v) is 5.72. The van der Waals surface area contributed by atoms with E-state index in [1.54, 1.807) is 6.92 Å². The average Bonchev–Trinajstić information content (AvgIpc) is 2.31. The van der Waals surface area contributed by atoms with E-state index in [1.165, 1.54) is 36.4 Å². The standard InChI is InChI=1S/C13H12FNO3S/c1-9-5-6-10(14)7-13(9)19(17,18)15-11-3-2-4-12(16)8-11/h2-8,15-16H,1H3. The molecular weight excluding hydrogens is 269 g/mol. The molecule has 0 unspecified atom stereocenters. The van der Waals surface area contributed by atoms with Crippen LogP contribution in [0.4, 0.5) is 10.1 Å². The molecule has 0 aliphatic heterocycles. The molecule has 0 radical (unpaired) electrons. The summed E-state index contributed by atoms with van der Waals surface area (Å²) >= 11 is 0. The van der Waals surface area contributed by atoms with Gasteiger partial charge in [-0.05, 0) is 36.8 Å². The van der Waals surface area contributed by atoms with Crippen molar-refractivity contribution in [3.05, 3.63) is 53.8 Å². The number of rotatable bonds is 3. The number of hydrogen-bond acceptors (Lipinski definition) is 3. The summed E-state index contributed by atoms with van der Waals surface area (Å²) in [4.78, 5) is -0.129. The Morgan fingerprint density at radius 1 is 1.16 bits per heavy atom. The van der Waals surface area contributed by atoms with Crippen LogP contribution in [-0.4, -0.2) is 13.5 Å². The summed E-state index contributed by atoms with van der Waals surface area (Å²) in [5.41, 5.74) is 0.651. The van der Waals surface area contributed by atoms with Gasteiger partial charge in [-0.1, -0.05) is 12.1 Å². The molecule has 0 saturated carbocycles. The van der Waals surface area contributed by atoms with Gasteiger partial charge >= 0.3 is 0 Å². The maximum atomic E-state index is 13.1. The Kier molecular flexibility index (Phi) is 3.44. The van der Waals surface area contributed by atoms with Gasteiger partial charge in [-0.2, -0.15) is 0 Å². The number of phenolic OH excluding ortho intramolecular Hbond substituents is 1. The Labute approximate surface area is 110 Å². The molecular formula is C13H12FNO3S. The van der Waals surface area contributed by atoms with Gasteiger partial charge in [0.1, 0.15) is 11.6 Å². The Hall–Kier alpha value is -2.08. The number of aromatic hydroxyl groups is 1. The Morgan fingerprint density at radius 3 is 2.58 bits per heavy atom. The summed E-state index contributed by atoms with van der Waals surface area (Å²) < 4.78 is 39.7. The summed E-state index contributed by atoms with van der Waals surface area (Å²) in [6.45, 7) is 1.58. The zero-order valence-electron chi connectivity index (χ0n) is 10.1. The lowest BCUT2D eigenvalue weighted by Crippen LogP contribution is -2.14. The zero-order chi connectivity index (χ0) is 14.0. The zero-order valence-corrected chi connectivity index (χ0v) is 10.9. The fourth-order valence-corrected chi connectivity index (χ4v) is 2.95. The van der Waals surface area contributed by atoms with Gasteiger partial charge in [0.2, 0.25) is 0 Å². The van der Waals surface area contributed by atoms with Crippen molar-refractivity contribution in [3.8, 4) is 5.75 Å². The van der Waals surface area contributed by atoms with E-state index in [9.17, 15) is 17.9 Å². The second-order valence-electron chi connectivity index (χ2n) is 4.07. The minimum atomic E-state index is -3.88. The molecule has 2 rings (SSSR count). The molecule has 19 heavy (non-hydrogen) atoms. The lowest BCUT2D eigenvalue weighted by molar-refractivity contribution is 0.475. The molecule has 0 aromatic heterocycles. The molecule has 0 amide bonds. The smallest absolute Gasteiger partial charge is 0.262 e. The van der Waals surface area contributed by atoms with E-state index in [0.29, 0.717) is 5.56 Å². The van der Waals surface area contributed by atoms with Gasteiger partial charge in [0.15, 0.2) is 0 Å². The predicted molar refractivity (Wildman–Crippen MR) is 70.1 cm³/mol. The number of benzene rings is 2. The molecule has 100 valence electrons. The van der Waals surface area contributed by atoms with Crippen molar-refractivity contribution in [2.45, 2.75) is 11.8 Å². The Morgan fingerprint density at radius 2 is 1.89 bits per heavy atom. The molecule has 0 saturated heterocycles. The first-order valence-electron chi connectivity index (χ1n) is 5.46. The lowest BCUT2D eigenvalue weighted by atomic mass is 10.2. The highest BCUT2D eigenvalue weighted by Gasteiger charge is 2.17. The van der Waals surface area contributed by atoms with Crippen molar-refractivity contribution in [2.24, 2.45) is 0 Å². The maximum absolute atomic E-state index is 13.1. The average molecular weight is 281 g/mol. The fourth-order valence-electron chi connectivity index (χ4n) is 1.64. The molecule has 0 fully saturated rings. The molecule has 2 aromatic carbocycles. The normalized spacial score (nSPS) is 11.3. The van der Waals surface area contributed by atoms with Crippen molar-refractivity contribution in [1.29, 1.82) is 0 Å². The van der Waals surface area contributed by atoms with Crippen LogP contribution in [0.1, 0.15) is 5.56 Å². The Bertz CT molecular complexity index is 714. The molecule has 0 spiro atoms. The maximum Gasteiger partial charge on any atom is 0.262 e. The molecule has 2 N–H and O–H groups in total. The van der Waals surface area contributed by atoms with Crippen molar-refractivity contribution >= 4 is 15.7 Å². The molecule has 2 aromatic rings. The van der Waals surface area contributed by atoms with Crippen LogP contribution in [0.15, 0.2) is 47.4 Å². The van der Waals surface area contributed by atoms with Crippen molar-refractivity contribution < 1.29 is 17.9 Å². The van der Waals surface area contributed by atoms with Crippen LogP contribution < -0.4 is 4.72 Å². The fraction of sp³-hybridized carbons (Fsp3) is 0.0769. The number of sulfonamides is 1. The molecule has 0 aliphatic carbocycles. The number of hydrogen-bond donors (Lipinski definition) is 2. The van der Waals surface area contributed by atoms with Crippen molar-refractivity contribution in [1.82, 2.24) is 0 Å². The van der Waals surface area contributed by atoms with Gasteiger partial charge in [0.05, 0.1) is 10.6 Å². The minimum absolute atomic E-state index is 0.0591. The highest BCUT2D eigenvalue weighted by Crippen LogP contribution is 2.22. The molecule has 0 atom stereocenters. The highest BCUT2D eigenvalue weighted by atomic mass is 32.2. The molecule has 0 bridgehead atoms. The van der Waals surface area contributed by atoms with Crippen molar-refractivity contribution in [2.75, 3.05) is 4.72 Å². The van der Waals surface area contributed by atoms with Gasteiger partial charge in [0.25, 0.3) is 10.0 Å². The summed E-state index contributed by atoms with van der Waals surface area (Å²) in [7, 11) is -3.88. The number of nitrogens with one attached hydrogen (secondary N) is 1. The topological polar surface area (TPSA) is 66.4 Å². The van der Waals surface area contributed by atoms with E-state index in [-0.39, 0.29) is 16.3 Å². The van der Waals surface area contributed by atoms with Crippen LogP contribution in [0.5, 0.6) is 5.75 Å². The van der Waals surface area contributed by atoms with Gasteiger partial charge in [-0.15, -0.1) is 0 Å². The SMILES string of the molecule is Cc1ccc(F)cc1S(=O)(=O)Nc1cccc(O)c1. The molecule has 4 nitrogen and oxygen atoms in total. The quantitative estimate of drug-likeness (QED) is 0.909. The van der Waals surface area contributed by atoms with Crippen LogP contribution in [0.3, 0.4) is 0 Å².